The summed E-state index contributed by atoms with van der Waals surface area (Å²) >= 11 is 5.88. The Morgan fingerprint density at radius 1 is 1.44 bits per heavy atom. The fraction of sp³-hybridized carbons (Fsp3) is 0.333. The van der Waals surface area contributed by atoms with Crippen molar-refractivity contribution in [2.75, 3.05) is 6.61 Å². The highest BCUT2D eigenvalue weighted by molar-refractivity contribution is 6.31. The topological polar surface area (TPSA) is 86.6 Å². The second-order valence-electron chi connectivity index (χ2n) is 3.84. The summed E-state index contributed by atoms with van der Waals surface area (Å²) in [6.45, 7) is 1.49. The standard InChI is InChI=1S/C12H14ClNO4/c1-7-2-3-8(6-9(7)13)11(16)14-10(4-5-15)12(17)18/h2-3,6,10,15H,4-5H2,1H3,(H,14,16)(H,17,18). The summed E-state index contributed by atoms with van der Waals surface area (Å²) in [5, 5.41) is 20.3. The number of rotatable bonds is 5. The van der Waals surface area contributed by atoms with E-state index in [4.69, 9.17) is 21.8 Å². The van der Waals surface area contributed by atoms with Gasteiger partial charge in [-0.1, -0.05) is 17.7 Å². The van der Waals surface area contributed by atoms with Crippen molar-refractivity contribution in [2.45, 2.75) is 19.4 Å². The van der Waals surface area contributed by atoms with Gasteiger partial charge < -0.3 is 15.5 Å². The predicted octanol–water partition coefficient (Wildman–Crippen LogP) is 1.21. The summed E-state index contributed by atoms with van der Waals surface area (Å²) in [5.74, 6) is -1.71. The molecular formula is C12H14ClNO4. The van der Waals surface area contributed by atoms with E-state index in [0.29, 0.717) is 5.02 Å². The molecule has 18 heavy (non-hydrogen) atoms. The molecule has 1 amide bonds. The van der Waals surface area contributed by atoms with Crippen molar-refractivity contribution < 1.29 is 19.8 Å². The minimum Gasteiger partial charge on any atom is -0.480 e. The number of hydrogen-bond acceptors (Lipinski definition) is 3. The molecule has 0 spiro atoms. The number of carboxylic acid groups (broad SMARTS) is 1. The highest BCUT2D eigenvalue weighted by atomic mass is 35.5. The van der Waals surface area contributed by atoms with E-state index < -0.39 is 17.9 Å². The van der Waals surface area contributed by atoms with Crippen molar-refractivity contribution in [2.24, 2.45) is 0 Å². The molecule has 0 aliphatic heterocycles. The van der Waals surface area contributed by atoms with Gasteiger partial charge in [0.05, 0.1) is 0 Å². The number of benzene rings is 1. The molecule has 1 rings (SSSR count). The van der Waals surface area contributed by atoms with Crippen LogP contribution in [0, 0.1) is 6.92 Å². The van der Waals surface area contributed by atoms with Gasteiger partial charge in [0.2, 0.25) is 0 Å². The van der Waals surface area contributed by atoms with E-state index in [9.17, 15) is 9.59 Å². The third kappa shape index (κ3) is 3.72. The second kappa shape index (κ2) is 6.37. The zero-order valence-corrected chi connectivity index (χ0v) is 10.6. The third-order valence-electron chi connectivity index (χ3n) is 2.46. The number of amides is 1. The van der Waals surface area contributed by atoms with E-state index in [1.54, 1.807) is 19.1 Å². The minimum atomic E-state index is -1.18. The molecule has 0 aromatic heterocycles. The molecule has 0 saturated carbocycles. The van der Waals surface area contributed by atoms with E-state index in [1.807, 2.05) is 0 Å². The number of carbonyl (C=O) groups excluding carboxylic acids is 1. The highest BCUT2D eigenvalue weighted by Gasteiger charge is 2.20. The second-order valence-corrected chi connectivity index (χ2v) is 4.25. The number of halogens is 1. The van der Waals surface area contributed by atoms with Crippen molar-refractivity contribution in [1.82, 2.24) is 5.32 Å². The Balaban J connectivity index is 2.80. The molecule has 0 radical (unpaired) electrons. The Morgan fingerprint density at radius 3 is 2.61 bits per heavy atom. The monoisotopic (exact) mass is 271 g/mol. The number of carboxylic acids is 1. The maximum atomic E-state index is 11.8. The Bertz CT molecular complexity index is 461. The number of aliphatic carboxylic acids is 1. The lowest BCUT2D eigenvalue weighted by Gasteiger charge is -2.13. The summed E-state index contributed by atoms with van der Waals surface area (Å²) in [6.07, 6.45) is -0.0410. The zero-order valence-electron chi connectivity index (χ0n) is 9.81. The first-order valence-corrected chi connectivity index (χ1v) is 5.74. The number of aliphatic hydroxyl groups excluding tert-OH is 1. The molecule has 0 aliphatic rings. The molecule has 5 nitrogen and oxygen atoms in total. The molecule has 98 valence electrons. The van der Waals surface area contributed by atoms with Crippen LogP contribution in [0.3, 0.4) is 0 Å². The first-order valence-electron chi connectivity index (χ1n) is 5.36. The van der Waals surface area contributed by atoms with Gasteiger partial charge in [-0.15, -0.1) is 0 Å². The quantitative estimate of drug-likeness (QED) is 0.751. The van der Waals surface area contributed by atoms with Crippen LogP contribution in [0.5, 0.6) is 0 Å². The van der Waals surface area contributed by atoms with Crippen molar-refractivity contribution in [3.05, 3.63) is 34.3 Å². The van der Waals surface area contributed by atoms with Gasteiger partial charge in [0.15, 0.2) is 0 Å². The van der Waals surface area contributed by atoms with Crippen LogP contribution >= 0.6 is 11.6 Å². The van der Waals surface area contributed by atoms with Gasteiger partial charge in [0, 0.05) is 23.6 Å². The maximum Gasteiger partial charge on any atom is 0.326 e. The normalized spacial score (nSPS) is 11.9. The van der Waals surface area contributed by atoms with Crippen LogP contribution in [-0.2, 0) is 4.79 Å². The van der Waals surface area contributed by atoms with Crippen molar-refractivity contribution in [1.29, 1.82) is 0 Å². The predicted molar refractivity (Wildman–Crippen MR) is 66.8 cm³/mol. The van der Waals surface area contributed by atoms with Crippen LogP contribution in [0.4, 0.5) is 0 Å². The van der Waals surface area contributed by atoms with E-state index in [-0.39, 0.29) is 18.6 Å². The first kappa shape index (κ1) is 14.5. The van der Waals surface area contributed by atoms with Gasteiger partial charge in [-0.3, -0.25) is 4.79 Å². The van der Waals surface area contributed by atoms with Gasteiger partial charge in [-0.05, 0) is 24.6 Å². The minimum absolute atomic E-state index is 0.0410. The average Bonchev–Trinajstić information content (AvgIpc) is 2.31. The number of aliphatic hydroxyl groups is 1. The molecule has 0 aliphatic carbocycles. The van der Waals surface area contributed by atoms with Gasteiger partial charge in [0.25, 0.3) is 5.91 Å². The Kier molecular flexibility index (Phi) is 5.12. The van der Waals surface area contributed by atoms with E-state index in [2.05, 4.69) is 5.32 Å². The van der Waals surface area contributed by atoms with Crippen LogP contribution < -0.4 is 5.32 Å². The van der Waals surface area contributed by atoms with E-state index in [0.717, 1.165) is 5.56 Å². The number of hydrogen-bond donors (Lipinski definition) is 3. The van der Waals surface area contributed by atoms with Crippen molar-refractivity contribution in [3.63, 3.8) is 0 Å². The van der Waals surface area contributed by atoms with Gasteiger partial charge in [-0.2, -0.15) is 0 Å². The molecular weight excluding hydrogens is 258 g/mol. The van der Waals surface area contributed by atoms with Crippen LogP contribution in [0.15, 0.2) is 18.2 Å². The van der Waals surface area contributed by atoms with Crippen LogP contribution in [0.2, 0.25) is 5.02 Å². The molecule has 1 unspecified atom stereocenters. The maximum absolute atomic E-state index is 11.8. The molecule has 1 aromatic carbocycles. The zero-order chi connectivity index (χ0) is 13.7. The van der Waals surface area contributed by atoms with Crippen molar-refractivity contribution >= 4 is 23.5 Å². The lowest BCUT2D eigenvalue weighted by Crippen LogP contribution is -2.41. The molecule has 6 heteroatoms. The molecule has 0 fully saturated rings. The largest absolute Gasteiger partial charge is 0.480 e. The molecule has 0 bridgehead atoms. The number of nitrogens with one attached hydrogen (secondary N) is 1. The van der Waals surface area contributed by atoms with E-state index >= 15 is 0 Å². The average molecular weight is 272 g/mol. The lowest BCUT2D eigenvalue weighted by atomic mass is 10.1. The smallest absolute Gasteiger partial charge is 0.326 e. The molecule has 0 heterocycles. The highest BCUT2D eigenvalue weighted by Crippen LogP contribution is 2.16. The van der Waals surface area contributed by atoms with Crippen LogP contribution in [-0.4, -0.2) is 34.7 Å². The summed E-state index contributed by atoms with van der Waals surface area (Å²) in [5.41, 5.74) is 1.12. The van der Waals surface area contributed by atoms with Gasteiger partial charge >= 0.3 is 5.97 Å². The Morgan fingerprint density at radius 2 is 2.11 bits per heavy atom. The molecule has 0 saturated heterocycles. The summed E-state index contributed by atoms with van der Waals surface area (Å²) in [4.78, 5) is 22.6. The summed E-state index contributed by atoms with van der Waals surface area (Å²) in [6, 6.07) is 3.61. The summed E-state index contributed by atoms with van der Waals surface area (Å²) in [7, 11) is 0. The number of aryl methyl sites for hydroxylation is 1. The lowest BCUT2D eigenvalue weighted by molar-refractivity contribution is -0.139. The van der Waals surface area contributed by atoms with Crippen LogP contribution in [0.1, 0.15) is 22.3 Å². The Hall–Kier alpha value is -1.59. The molecule has 3 N–H and O–H groups in total. The fourth-order valence-corrected chi connectivity index (χ4v) is 1.54. The van der Waals surface area contributed by atoms with Crippen LogP contribution in [0.25, 0.3) is 0 Å². The Labute approximate surface area is 109 Å². The molecule has 1 aromatic rings. The number of carbonyl (C=O) groups is 2. The van der Waals surface area contributed by atoms with Crippen molar-refractivity contribution in [3.8, 4) is 0 Å². The SMILES string of the molecule is Cc1ccc(C(=O)NC(CCO)C(=O)O)cc1Cl. The van der Waals surface area contributed by atoms with Gasteiger partial charge in [0.1, 0.15) is 6.04 Å². The van der Waals surface area contributed by atoms with Gasteiger partial charge in [-0.25, -0.2) is 4.79 Å². The first-order chi connectivity index (χ1) is 8.45. The van der Waals surface area contributed by atoms with E-state index in [1.165, 1.54) is 6.07 Å². The summed E-state index contributed by atoms with van der Waals surface area (Å²) < 4.78 is 0. The third-order valence-corrected chi connectivity index (χ3v) is 2.86. The fourth-order valence-electron chi connectivity index (χ4n) is 1.36. The molecule has 1 atom stereocenters.